The van der Waals surface area contributed by atoms with Crippen LogP contribution in [0.2, 0.25) is 5.02 Å². The topological polar surface area (TPSA) is 0 Å². The van der Waals surface area contributed by atoms with Gasteiger partial charge in [-0.2, -0.15) is 0 Å². The van der Waals surface area contributed by atoms with Crippen molar-refractivity contribution < 1.29 is 0 Å². The van der Waals surface area contributed by atoms with Crippen molar-refractivity contribution >= 4 is 34.7 Å². The van der Waals surface area contributed by atoms with E-state index in [0.29, 0.717) is 0 Å². The van der Waals surface area contributed by atoms with E-state index in [4.69, 9.17) is 11.6 Å². The van der Waals surface area contributed by atoms with Crippen LogP contribution in [-0.2, 0) is 5.41 Å². The molecule has 0 saturated heterocycles. The average molecular weight is 317 g/mol. The summed E-state index contributed by atoms with van der Waals surface area (Å²) in [6.07, 6.45) is 0. The van der Waals surface area contributed by atoms with Gasteiger partial charge in [0.1, 0.15) is 0 Å². The number of halogens is 1. The molecule has 0 bridgehead atoms. The number of benzene rings is 2. The Morgan fingerprint density at radius 1 is 0.952 bits per heavy atom. The molecule has 21 heavy (non-hydrogen) atoms. The van der Waals surface area contributed by atoms with Gasteiger partial charge < -0.3 is 0 Å². The highest BCUT2D eigenvalue weighted by atomic mass is 35.5. The molecule has 0 aliphatic rings. The molecule has 0 heterocycles. The lowest BCUT2D eigenvalue weighted by Gasteiger charge is -2.19. The van der Waals surface area contributed by atoms with E-state index in [9.17, 15) is 0 Å². The third-order valence-electron chi connectivity index (χ3n) is 3.67. The van der Waals surface area contributed by atoms with Gasteiger partial charge in [0.15, 0.2) is 0 Å². The quantitative estimate of drug-likeness (QED) is 0.477. The third kappa shape index (κ3) is 3.72. The number of allylic oxidation sites excluding steroid dienone is 1. The zero-order chi connectivity index (χ0) is 15.6. The molecule has 0 fully saturated rings. The Bertz CT molecular complexity index is 661. The van der Waals surface area contributed by atoms with Crippen molar-refractivity contribution in [2.45, 2.75) is 33.1 Å². The van der Waals surface area contributed by atoms with Gasteiger partial charge in [-0.05, 0) is 35.1 Å². The van der Waals surface area contributed by atoms with E-state index in [-0.39, 0.29) is 5.41 Å². The molecule has 2 rings (SSSR count). The van der Waals surface area contributed by atoms with E-state index in [1.165, 1.54) is 11.1 Å². The SMILES string of the molecule is C/C(=C(\S)c1ccccc1Cl)c1ccc(C(C)(C)C)cc1. The molecule has 0 radical (unpaired) electrons. The summed E-state index contributed by atoms with van der Waals surface area (Å²) in [5.41, 5.74) is 4.78. The van der Waals surface area contributed by atoms with Gasteiger partial charge in [-0.3, -0.25) is 0 Å². The first-order valence-corrected chi connectivity index (χ1v) is 7.89. The third-order valence-corrected chi connectivity index (χ3v) is 4.57. The van der Waals surface area contributed by atoms with Gasteiger partial charge in [-0.15, -0.1) is 12.6 Å². The summed E-state index contributed by atoms with van der Waals surface area (Å²) in [5, 5.41) is 0.730. The lowest BCUT2D eigenvalue weighted by atomic mass is 9.86. The Labute approximate surface area is 138 Å². The largest absolute Gasteiger partial charge is 0.142 e. The molecule has 0 saturated carbocycles. The molecule has 0 aromatic heterocycles. The van der Waals surface area contributed by atoms with Gasteiger partial charge in [0.2, 0.25) is 0 Å². The molecular formula is C19H21ClS. The predicted molar refractivity (Wildman–Crippen MR) is 98.1 cm³/mol. The van der Waals surface area contributed by atoms with Crippen LogP contribution in [0.5, 0.6) is 0 Å². The molecule has 2 heteroatoms. The second kappa shape index (κ2) is 6.29. The van der Waals surface area contributed by atoms with E-state index in [1.807, 2.05) is 24.3 Å². The van der Waals surface area contributed by atoms with E-state index >= 15 is 0 Å². The maximum atomic E-state index is 6.25. The van der Waals surface area contributed by atoms with Crippen LogP contribution in [0.25, 0.3) is 10.5 Å². The van der Waals surface area contributed by atoms with Crippen LogP contribution in [0.15, 0.2) is 48.5 Å². The summed E-state index contributed by atoms with van der Waals surface area (Å²) in [7, 11) is 0. The first-order valence-electron chi connectivity index (χ1n) is 7.06. The molecule has 0 atom stereocenters. The van der Waals surface area contributed by atoms with Crippen LogP contribution in [0.4, 0.5) is 0 Å². The van der Waals surface area contributed by atoms with Gasteiger partial charge in [-0.25, -0.2) is 0 Å². The highest BCUT2D eigenvalue weighted by Gasteiger charge is 2.13. The Balaban J connectivity index is 2.41. The highest BCUT2D eigenvalue weighted by Crippen LogP contribution is 2.33. The molecule has 0 nitrogen and oxygen atoms in total. The number of hydrogen-bond donors (Lipinski definition) is 1. The van der Waals surface area contributed by atoms with Crippen molar-refractivity contribution in [3.8, 4) is 0 Å². The molecule has 0 N–H and O–H groups in total. The summed E-state index contributed by atoms with van der Waals surface area (Å²) in [6, 6.07) is 16.5. The summed E-state index contributed by atoms with van der Waals surface area (Å²) < 4.78 is 0. The maximum Gasteiger partial charge on any atom is 0.0489 e. The Kier molecular flexibility index (Phi) is 4.85. The van der Waals surface area contributed by atoms with Crippen molar-refractivity contribution in [2.24, 2.45) is 0 Å². The van der Waals surface area contributed by atoms with Crippen LogP contribution in [0.3, 0.4) is 0 Å². The van der Waals surface area contributed by atoms with E-state index in [1.54, 1.807) is 0 Å². The van der Waals surface area contributed by atoms with E-state index in [0.717, 1.165) is 21.1 Å². The monoisotopic (exact) mass is 316 g/mol. The normalized spacial score (nSPS) is 13.0. The van der Waals surface area contributed by atoms with Crippen molar-refractivity contribution in [1.29, 1.82) is 0 Å². The van der Waals surface area contributed by atoms with Crippen LogP contribution in [0, 0.1) is 0 Å². The second-order valence-corrected chi connectivity index (χ2v) is 7.14. The molecular weight excluding hydrogens is 296 g/mol. The highest BCUT2D eigenvalue weighted by molar-refractivity contribution is 7.90. The standard InChI is InChI=1S/C19H21ClS/c1-13(18(21)16-7-5-6-8-17(16)20)14-9-11-15(12-10-14)19(2,3)4/h5-12,21H,1-4H3/b18-13+. The fourth-order valence-electron chi connectivity index (χ4n) is 2.21. The van der Waals surface area contributed by atoms with Crippen LogP contribution < -0.4 is 0 Å². The molecule has 0 amide bonds. The van der Waals surface area contributed by atoms with Gasteiger partial charge >= 0.3 is 0 Å². The smallest absolute Gasteiger partial charge is 0.0489 e. The first kappa shape index (κ1) is 16.2. The maximum absolute atomic E-state index is 6.25. The Hall–Kier alpha value is -1.18. The van der Waals surface area contributed by atoms with E-state index in [2.05, 4.69) is 64.6 Å². The van der Waals surface area contributed by atoms with Crippen molar-refractivity contribution in [2.75, 3.05) is 0 Å². The van der Waals surface area contributed by atoms with Crippen LogP contribution >= 0.6 is 24.2 Å². The number of rotatable bonds is 2. The first-order chi connectivity index (χ1) is 9.80. The molecule has 2 aromatic carbocycles. The lowest BCUT2D eigenvalue weighted by molar-refractivity contribution is 0.590. The van der Waals surface area contributed by atoms with Crippen molar-refractivity contribution in [3.63, 3.8) is 0 Å². The average Bonchev–Trinajstić information content (AvgIpc) is 2.45. The predicted octanol–water partition coefficient (Wildman–Crippen LogP) is 6.46. The minimum absolute atomic E-state index is 0.169. The van der Waals surface area contributed by atoms with Crippen molar-refractivity contribution in [1.82, 2.24) is 0 Å². The molecule has 0 unspecified atom stereocenters. The van der Waals surface area contributed by atoms with Gasteiger partial charge in [-0.1, -0.05) is 74.8 Å². The summed E-state index contributed by atoms with van der Waals surface area (Å²) in [5.74, 6) is 0. The van der Waals surface area contributed by atoms with E-state index < -0.39 is 0 Å². The lowest BCUT2D eigenvalue weighted by Crippen LogP contribution is -2.10. The Morgan fingerprint density at radius 2 is 1.52 bits per heavy atom. The molecule has 2 aromatic rings. The van der Waals surface area contributed by atoms with Crippen LogP contribution in [0.1, 0.15) is 44.4 Å². The molecule has 0 aliphatic heterocycles. The zero-order valence-corrected chi connectivity index (χ0v) is 14.6. The number of thiol groups is 1. The second-order valence-electron chi connectivity index (χ2n) is 6.28. The van der Waals surface area contributed by atoms with Gasteiger partial charge in [0, 0.05) is 15.5 Å². The minimum Gasteiger partial charge on any atom is -0.142 e. The fourth-order valence-corrected chi connectivity index (χ4v) is 2.83. The minimum atomic E-state index is 0.169. The number of hydrogen-bond acceptors (Lipinski definition) is 1. The van der Waals surface area contributed by atoms with Gasteiger partial charge in [0.05, 0.1) is 0 Å². The summed E-state index contributed by atoms with van der Waals surface area (Å²) in [4.78, 5) is 0.920. The van der Waals surface area contributed by atoms with Crippen molar-refractivity contribution in [3.05, 3.63) is 70.2 Å². The summed E-state index contributed by atoms with van der Waals surface area (Å²) >= 11 is 10.9. The van der Waals surface area contributed by atoms with Gasteiger partial charge in [0.25, 0.3) is 0 Å². The summed E-state index contributed by atoms with van der Waals surface area (Å²) in [6.45, 7) is 8.74. The zero-order valence-electron chi connectivity index (χ0n) is 12.9. The fraction of sp³-hybridized carbons (Fsp3) is 0.263. The Morgan fingerprint density at radius 3 is 2.05 bits per heavy atom. The molecule has 0 spiro atoms. The molecule has 0 aliphatic carbocycles. The molecule has 110 valence electrons. The van der Waals surface area contributed by atoms with Crippen LogP contribution in [-0.4, -0.2) is 0 Å².